The quantitative estimate of drug-likeness (QED) is 0.774. The predicted molar refractivity (Wildman–Crippen MR) is 62.6 cm³/mol. The maximum absolute atomic E-state index is 11.7. The number of H-pyrrole nitrogens is 1. The van der Waals surface area contributed by atoms with Gasteiger partial charge in [0.15, 0.2) is 0 Å². The second kappa shape index (κ2) is 4.38. The van der Waals surface area contributed by atoms with E-state index in [1.165, 1.54) is 29.9 Å². The fraction of sp³-hybridized carbons (Fsp3) is 0.100. The Kier molecular flexibility index (Phi) is 2.92. The van der Waals surface area contributed by atoms with Gasteiger partial charge in [0.2, 0.25) is 0 Å². The fourth-order valence-electron chi connectivity index (χ4n) is 1.32. The monoisotopic (exact) mass is 251 g/mol. The molecule has 3 N–H and O–H groups in total. The van der Waals surface area contributed by atoms with E-state index in [4.69, 9.17) is 5.11 Å². The molecule has 0 bridgehead atoms. The Hall–Kier alpha value is -2.15. The minimum absolute atomic E-state index is 0.0976. The Morgan fingerprint density at radius 3 is 2.88 bits per heavy atom. The molecule has 0 atom stereocenters. The summed E-state index contributed by atoms with van der Waals surface area (Å²) in [6, 6.07) is 1.52. The number of nitrogens with zero attached hydrogens (tertiary/aromatic N) is 1. The molecule has 6 nitrogen and oxygen atoms in total. The number of hydrogen-bond donors (Lipinski definition) is 3. The Balaban J connectivity index is 2.24. The molecule has 0 saturated carbocycles. The van der Waals surface area contributed by atoms with Crippen LogP contribution in [0.4, 0.5) is 5.00 Å². The summed E-state index contributed by atoms with van der Waals surface area (Å²) in [6.45, 7) is 1.78. The van der Waals surface area contributed by atoms with E-state index in [9.17, 15) is 9.59 Å². The largest absolute Gasteiger partial charge is 0.478 e. The van der Waals surface area contributed by atoms with Gasteiger partial charge in [0.1, 0.15) is 10.7 Å². The summed E-state index contributed by atoms with van der Waals surface area (Å²) in [5.41, 5.74) is 0.382. The summed E-state index contributed by atoms with van der Waals surface area (Å²) in [7, 11) is 0. The van der Waals surface area contributed by atoms with Crippen molar-refractivity contribution in [2.75, 3.05) is 5.32 Å². The predicted octanol–water partition coefficient (Wildman–Crippen LogP) is 1.73. The summed E-state index contributed by atoms with van der Waals surface area (Å²) < 4.78 is 0. The molecule has 0 saturated heterocycles. The number of nitrogens with one attached hydrogen (secondary N) is 2. The van der Waals surface area contributed by atoms with E-state index in [-0.39, 0.29) is 11.3 Å². The fourth-order valence-corrected chi connectivity index (χ4v) is 2.22. The highest BCUT2D eigenvalue weighted by Crippen LogP contribution is 2.27. The molecule has 0 spiro atoms. The van der Waals surface area contributed by atoms with Crippen molar-refractivity contribution in [3.8, 4) is 0 Å². The first-order chi connectivity index (χ1) is 8.08. The van der Waals surface area contributed by atoms with Crippen LogP contribution in [-0.4, -0.2) is 27.0 Å². The first kappa shape index (κ1) is 11.3. The number of carboxylic acids is 1. The third-order valence-electron chi connectivity index (χ3n) is 2.06. The van der Waals surface area contributed by atoms with Gasteiger partial charge in [-0.05, 0) is 13.0 Å². The van der Waals surface area contributed by atoms with Crippen LogP contribution in [0, 0.1) is 6.92 Å². The van der Waals surface area contributed by atoms with Crippen LogP contribution in [0.5, 0.6) is 0 Å². The van der Waals surface area contributed by atoms with Crippen LogP contribution in [0.2, 0.25) is 0 Å². The van der Waals surface area contributed by atoms with Gasteiger partial charge in [0.05, 0.1) is 18.1 Å². The van der Waals surface area contributed by atoms with Gasteiger partial charge < -0.3 is 15.4 Å². The number of aromatic nitrogens is 2. The number of amides is 1. The van der Waals surface area contributed by atoms with Crippen LogP contribution in [-0.2, 0) is 0 Å². The van der Waals surface area contributed by atoms with Crippen molar-refractivity contribution in [2.45, 2.75) is 6.92 Å². The molecular formula is C10H9N3O3S. The molecule has 2 heterocycles. The highest BCUT2D eigenvalue weighted by atomic mass is 32.1. The van der Waals surface area contributed by atoms with Crippen LogP contribution < -0.4 is 5.32 Å². The zero-order chi connectivity index (χ0) is 12.4. The molecule has 0 aliphatic heterocycles. The van der Waals surface area contributed by atoms with E-state index in [2.05, 4.69) is 15.3 Å². The molecular weight excluding hydrogens is 242 g/mol. The van der Waals surface area contributed by atoms with E-state index < -0.39 is 11.9 Å². The number of hydrogen-bond acceptors (Lipinski definition) is 4. The first-order valence-electron chi connectivity index (χ1n) is 4.71. The molecule has 0 radical (unpaired) electrons. The number of aromatic amines is 1. The Morgan fingerprint density at radius 2 is 2.29 bits per heavy atom. The Bertz CT molecular complexity index is 559. The maximum atomic E-state index is 11.7. The maximum Gasteiger partial charge on any atom is 0.338 e. The standard InChI is InChI=1S/C10H9N3O3S/c1-5-2-6(10(15)16)9(17-5)13-8(14)7-3-11-4-12-7/h2-4H,1H3,(H,11,12)(H,13,14)(H,15,16). The van der Waals surface area contributed by atoms with E-state index in [1.54, 1.807) is 6.92 Å². The smallest absolute Gasteiger partial charge is 0.338 e. The average Bonchev–Trinajstić information content (AvgIpc) is 2.86. The van der Waals surface area contributed by atoms with Crippen molar-refractivity contribution >= 4 is 28.2 Å². The summed E-state index contributed by atoms with van der Waals surface area (Å²) in [5.74, 6) is -1.47. The molecule has 17 heavy (non-hydrogen) atoms. The van der Waals surface area contributed by atoms with Gasteiger partial charge in [0.25, 0.3) is 5.91 Å². The van der Waals surface area contributed by atoms with Gasteiger partial charge in [-0.25, -0.2) is 9.78 Å². The zero-order valence-corrected chi connectivity index (χ0v) is 9.67. The number of aromatic carboxylic acids is 1. The Labute approximate surface area is 100 Å². The molecule has 0 aromatic carbocycles. The van der Waals surface area contributed by atoms with E-state index >= 15 is 0 Å². The number of rotatable bonds is 3. The number of carbonyl (C=O) groups excluding carboxylic acids is 1. The van der Waals surface area contributed by atoms with Gasteiger partial charge in [-0.15, -0.1) is 11.3 Å². The number of thiophene rings is 1. The molecule has 7 heteroatoms. The topological polar surface area (TPSA) is 95.1 Å². The van der Waals surface area contributed by atoms with Crippen LogP contribution in [0.25, 0.3) is 0 Å². The SMILES string of the molecule is Cc1cc(C(=O)O)c(NC(=O)c2cnc[nH]2)s1. The van der Waals surface area contributed by atoms with Gasteiger partial charge in [-0.3, -0.25) is 4.79 Å². The molecule has 88 valence electrons. The lowest BCUT2D eigenvalue weighted by atomic mass is 10.3. The van der Waals surface area contributed by atoms with Crippen LogP contribution in [0.3, 0.4) is 0 Å². The van der Waals surface area contributed by atoms with Gasteiger partial charge in [-0.1, -0.05) is 0 Å². The number of aryl methyl sites for hydroxylation is 1. The van der Waals surface area contributed by atoms with Crippen molar-refractivity contribution in [1.82, 2.24) is 9.97 Å². The molecule has 0 unspecified atom stereocenters. The minimum atomic E-state index is -1.06. The Morgan fingerprint density at radius 1 is 1.53 bits per heavy atom. The van der Waals surface area contributed by atoms with Crippen molar-refractivity contribution in [3.63, 3.8) is 0 Å². The second-order valence-corrected chi connectivity index (χ2v) is 4.58. The van der Waals surface area contributed by atoms with Gasteiger partial charge in [-0.2, -0.15) is 0 Å². The van der Waals surface area contributed by atoms with E-state index in [1.807, 2.05) is 0 Å². The normalized spacial score (nSPS) is 10.2. The van der Waals surface area contributed by atoms with Crippen LogP contribution >= 0.6 is 11.3 Å². The molecule has 0 aliphatic carbocycles. The third-order valence-corrected chi connectivity index (χ3v) is 3.02. The summed E-state index contributed by atoms with van der Waals surface area (Å²) in [5, 5.41) is 11.8. The van der Waals surface area contributed by atoms with Crippen LogP contribution in [0.15, 0.2) is 18.6 Å². The lowest BCUT2D eigenvalue weighted by Gasteiger charge is -2.01. The highest BCUT2D eigenvalue weighted by molar-refractivity contribution is 7.16. The summed E-state index contributed by atoms with van der Waals surface area (Å²) in [6.07, 6.45) is 2.75. The zero-order valence-electron chi connectivity index (χ0n) is 8.85. The number of anilines is 1. The molecule has 0 fully saturated rings. The number of carboxylic acid groups (broad SMARTS) is 1. The van der Waals surface area contributed by atoms with Crippen molar-refractivity contribution in [2.24, 2.45) is 0 Å². The molecule has 0 aliphatic rings. The van der Waals surface area contributed by atoms with Crippen molar-refractivity contribution in [1.29, 1.82) is 0 Å². The number of carbonyl (C=O) groups is 2. The number of imidazole rings is 1. The highest BCUT2D eigenvalue weighted by Gasteiger charge is 2.17. The molecule has 2 rings (SSSR count). The van der Waals surface area contributed by atoms with Crippen molar-refractivity contribution < 1.29 is 14.7 Å². The molecule has 1 amide bonds. The molecule has 2 aromatic heterocycles. The van der Waals surface area contributed by atoms with E-state index in [0.717, 1.165) is 4.88 Å². The minimum Gasteiger partial charge on any atom is -0.478 e. The second-order valence-electron chi connectivity index (χ2n) is 3.32. The van der Waals surface area contributed by atoms with Gasteiger partial charge >= 0.3 is 5.97 Å². The first-order valence-corrected chi connectivity index (χ1v) is 5.53. The van der Waals surface area contributed by atoms with Crippen LogP contribution in [0.1, 0.15) is 25.7 Å². The summed E-state index contributed by atoms with van der Waals surface area (Å²) in [4.78, 5) is 29.8. The van der Waals surface area contributed by atoms with Gasteiger partial charge in [0, 0.05) is 4.88 Å². The summed E-state index contributed by atoms with van der Waals surface area (Å²) >= 11 is 1.22. The third kappa shape index (κ3) is 2.34. The molecule has 2 aromatic rings. The lowest BCUT2D eigenvalue weighted by Crippen LogP contribution is -2.13. The van der Waals surface area contributed by atoms with E-state index in [0.29, 0.717) is 5.00 Å². The van der Waals surface area contributed by atoms with Crippen molar-refractivity contribution in [3.05, 3.63) is 34.7 Å². The average molecular weight is 251 g/mol. The lowest BCUT2D eigenvalue weighted by molar-refractivity contribution is 0.0698.